The van der Waals surface area contributed by atoms with Gasteiger partial charge in [0, 0.05) is 15.6 Å². The van der Waals surface area contributed by atoms with Crippen molar-refractivity contribution in [3.05, 3.63) is 57.3 Å². The summed E-state index contributed by atoms with van der Waals surface area (Å²) in [4.78, 5) is 12.5. The molecular weight excluding hydrogens is 339 g/mol. The van der Waals surface area contributed by atoms with Gasteiger partial charge in [0.15, 0.2) is 17.3 Å². The molecule has 0 spiro atoms. The number of methoxy groups -OCH3 is 2. The molecule has 0 atom stereocenters. The number of carbonyl (C=O) groups excluding carboxylic acids is 1. The Morgan fingerprint density at radius 1 is 1.10 bits per heavy atom. The van der Waals surface area contributed by atoms with Gasteiger partial charge in [0.25, 0.3) is 0 Å². The lowest BCUT2D eigenvalue weighted by atomic mass is 10.0. The second-order valence-corrected chi connectivity index (χ2v) is 5.33. The van der Waals surface area contributed by atoms with Crippen molar-refractivity contribution in [1.29, 1.82) is 0 Å². The van der Waals surface area contributed by atoms with E-state index in [1.165, 1.54) is 20.3 Å². The molecule has 0 radical (unpaired) electrons. The lowest BCUT2D eigenvalue weighted by Crippen LogP contribution is -2.05. The normalized spacial score (nSPS) is 10.3. The maximum absolute atomic E-state index is 13.6. The first-order valence-corrected chi connectivity index (χ1v) is 6.99. The predicted octanol–water partition coefficient (Wildman–Crippen LogP) is 4.14. The van der Waals surface area contributed by atoms with E-state index in [2.05, 4.69) is 15.9 Å². The molecule has 0 bridgehead atoms. The number of aryl methyl sites for hydroxylation is 1. The molecule has 0 aromatic heterocycles. The number of ketones is 1. The van der Waals surface area contributed by atoms with Crippen molar-refractivity contribution in [2.24, 2.45) is 0 Å². The van der Waals surface area contributed by atoms with E-state index >= 15 is 0 Å². The Morgan fingerprint density at radius 2 is 1.71 bits per heavy atom. The molecule has 0 N–H and O–H groups in total. The average molecular weight is 353 g/mol. The highest BCUT2D eigenvalue weighted by Crippen LogP contribution is 2.34. The summed E-state index contributed by atoms with van der Waals surface area (Å²) in [5.41, 5.74) is 1.17. The zero-order valence-corrected chi connectivity index (χ0v) is 13.5. The van der Waals surface area contributed by atoms with E-state index < -0.39 is 5.82 Å². The van der Waals surface area contributed by atoms with Crippen molar-refractivity contribution in [1.82, 2.24) is 0 Å². The second-order valence-electron chi connectivity index (χ2n) is 4.48. The molecule has 0 saturated carbocycles. The minimum absolute atomic E-state index is 0.283. The van der Waals surface area contributed by atoms with Crippen LogP contribution >= 0.6 is 15.9 Å². The Bertz CT molecular complexity index is 698. The van der Waals surface area contributed by atoms with Gasteiger partial charge in [-0.25, -0.2) is 4.39 Å². The average Bonchev–Trinajstić information content (AvgIpc) is 2.49. The minimum Gasteiger partial charge on any atom is -0.493 e. The highest BCUT2D eigenvalue weighted by atomic mass is 79.9. The van der Waals surface area contributed by atoms with E-state index in [1.807, 2.05) is 0 Å². The number of benzene rings is 2. The van der Waals surface area contributed by atoms with Crippen LogP contribution < -0.4 is 9.47 Å². The standard InChI is InChI=1S/C16H14BrFO3/c1-9-4-5-10(6-13(9)18)16(19)11-7-14(20-2)15(21-3)8-12(11)17/h4-8H,1-3H3. The summed E-state index contributed by atoms with van der Waals surface area (Å²) in [7, 11) is 3.01. The largest absolute Gasteiger partial charge is 0.493 e. The van der Waals surface area contributed by atoms with Crippen LogP contribution in [0.15, 0.2) is 34.8 Å². The number of hydrogen-bond acceptors (Lipinski definition) is 3. The molecule has 2 rings (SSSR count). The summed E-state index contributed by atoms with van der Waals surface area (Å²) >= 11 is 3.33. The monoisotopic (exact) mass is 352 g/mol. The van der Waals surface area contributed by atoms with Gasteiger partial charge in [-0.15, -0.1) is 0 Å². The van der Waals surface area contributed by atoms with Crippen LogP contribution in [0.4, 0.5) is 4.39 Å². The van der Waals surface area contributed by atoms with Gasteiger partial charge in [0.2, 0.25) is 0 Å². The number of ether oxygens (including phenoxy) is 2. The summed E-state index contributed by atoms with van der Waals surface area (Å²) in [5.74, 6) is 0.256. The Labute approximate surface area is 130 Å². The molecular formula is C16H14BrFO3. The maximum atomic E-state index is 13.6. The minimum atomic E-state index is -0.405. The zero-order valence-electron chi connectivity index (χ0n) is 11.9. The topological polar surface area (TPSA) is 35.5 Å². The summed E-state index contributed by atoms with van der Waals surface area (Å²) in [6.07, 6.45) is 0. The molecule has 2 aromatic carbocycles. The molecule has 0 fully saturated rings. The first-order chi connectivity index (χ1) is 9.97. The number of hydrogen-bond donors (Lipinski definition) is 0. The third-order valence-corrected chi connectivity index (χ3v) is 3.81. The van der Waals surface area contributed by atoms with E-state index in [4.69, 9.17) is 9.47 Å². The fourth-order valence-electron chi connectivity index (χ4n) is 1.92. The molecule has 0 aliphatic carbocycles. The molecule has 3 nitrogen and oxygen atoms in total. The lowest BCUT2D eigenvalue weighted by molar-refractivity contribution is 0.103. The molecule has 0 aliphatic heterocycles. The summed E-state index contributed by atoms with van der Waals surface area (Å²) in [6, 6.07) is 7.64. The van der Waals surface area contributed by atoms with Crippen molar-refractivity contribution in [3.8, 4) is 11.5 Å². The smallest absolute Gasteiger partial charge is 0.194 e. The van der Waals surface area contributed by atoms with E-state index in [0.717, 1.165) is 0 Å². The first-order valence-electron chi connectivity index (χ1n) is 6.20. The summed E-state index contributed by atoms with van der Waals surface area (Å²) < 4.78 is 24.5. The second kappa shape index (κ2) is 6.26. The van der Waals surface area contributed by atoms with Gasteiger partial charge >= 0.3 is 0 Å². The van der Waals surface area contributed by atoms with Crippen LogP contribution in [0.5, 0.6) is 11.5 Å². The molecule has 110 valence electrons. The van der Waals surface area contributed by atoms with Crippen LogP contribution in [0.25, 0.3) is 0 Å². The molecule has 21 heavy (non-hydrogen) atoms. The number of rotatable bonds is 4. The van der Waals surface area contributed by atoms with E-state index in [9.17, 15) is 9.18 Å². The summed E-state index contributed by atoms with van der Waals surface area (Å²) in [5, 5.41) is 0. The number of halogens is 2. The predicted molar refractivity (Wildman–Crippen MR) is 81.8 cm³/mol. The third kappa shape index (κ3) is 3.08. The molecule has 0 heterocycles. The summed E-state index contributed by atoms with van der Waals surface area (Å²) in [6.45, 7) is 1.65. The molecule has 0 amide bonds. The van der Waals surface area contributed by atoms with Gasteiger partial charge in [-0.2, -0.15) is 0 Å². The van der Waals surface area contributed by atoms with E-state index in [-0.39, 0.29) is 11.3 Å². The van der Waals surface area contributed by atoms with Gasteiger partial charge in [-0.05, 0) is 46.6 Å². The van der Waals surface area contributed by atoms with Gasteiger partial charge in [-0.3, -0.25) is 4.79 Å². The quantitative estimate of drug-likeness (QED) is 0.775. The van der Waals surface area contributed by atoms with Gasteiger partial charge < -0.3 is 9.47 Å². The third-order valence-electron chi connectivity index (χ3n) is 3.15. The molecule has 0 aliphatic rings. The van der Waals surface area contributed by atoms with Crippen LogP contribution in [-0.2, 0) is 0 Å². The fraction of sp³-hybridized carbons (Fsp3) is 0.188. The number of carbonyl (C=O) groups is 1. The lowest BCUT2D eigenvalue weighted by Gasteiger charge is -2.11. The Hall–Kier alpha value is -1.88. The molecule has 0 saturated heterocycles. The van der Waals surface area contributed by atoms with Crippen LogP contribution in [0, 0.1) is 12.7 Å². The SMILES string of the molecule is COc1cc(Br)c(C(=O)c2ccc(C)c(F)c2)cc1OC. The van der Waals surface area contributed by atoms with Gasteiger partial charge in [0.1, 0.15) is 5.82 Å². The van der Waals surface area contributed by atoms with Crippen molar-refractivity contribution >= 4 is 21.7 Å². The zero-order chi connectivity index (χ0) is 15.6. The van der Waals surface area contributed by atoms with Crippen LogP contribution in [0.1, 0.15) is 21.5 Å². The Morgan fingerprint density at radius 3 is 2.29 bits per heavy atom. The van der Waals surface area contributed by atoms with Crippen molar-refractivity contribution in [2.45, 2.75) is 6.92 Å². The van der Waals surface area contributed by atoms with Crippen molar-refractivity contribution in [3.63, 3.8) is 0 Å². The van der Waals surface area contributed by atoms with E-state index in [0.29, 0.717) is 27.1 Å². The highest BCUT2D eigenvalue weighted by Gasteiger charge is 2.17. The van der Waals surface area contributed by atoms with Gasteiger partial charge in [0.05, 0.1) is 14.2 Å². The van der Waals surface area contributed by atoms with E-state index in [1.54, 1.807) is 31.2 Å². The van der Waals surface area contributed by atoms with Crippen LogP contribution in [-0.4, -0.2) is 20.0 Å². The fourth-order valence-corrected chi connectivity index (χ4v) is 2.42. The molecule has 0 unspecified atom stereocenters. The van der Waals surface area contributed by atoms with Crippen LogP contribution in [0.2, 0.25) is 0 Å². The molecule has 5 heteroatoms. The van der Waals surface area contributed by atoms with Crippen molar-refractivity contribution in [2.75, 3.05) is 14.2 Å². The Kier molecular flexibility index (Phi) is 4.63. The molecule has 2 aromatic rings. The van der Waals surface area contributed by atoms with Crippen LogP contribution in [0.3, 0.4) is 0 Å². The van der Waals surface area contributed by atoms with Gasteiger partial charge in [-0.1, -0.05) is 12.1 Å². The Balaban J connectivity index is 2.50. The maximum Gasteiger partial charge on any atom is 0.194 e. The van der Waals surface area contributed by atoms with Crippen molar-refractivity contribution < 1.29 is 18.7 Å². The highest BCUT2D eigenvalue weighted by molar-refractivity contribution is 9.10. The first kappa shape index (κ1) is 15.5.